The van der Waals surface area contributed by atoms with E-state index >= 15 is 0 Å². The van der Waals surface area contributed by atoms with Crippen molar-refractivity contribution < 1.29 is 56.2 Å². The third-order valence-corrected chi connectivity index (χ3v) is 15.1. The van der Waals surface area contributed by atoms with E-state index in [2.05, 4.69) is 48.0 Å². The zero-order valence-electron chi connectivity index (χ0n) is 46.4. The van der Waals surface area contributed by atoms with Crippen molar-refractivity contribution >= 4 is 58.9 Å². The van der Waals surface area contributed by atoms with Crippen LogP contribution in [-0.2, 0) is 78.2 Å². The number of imide groups is 1. The molecule has 4 aliphatic rings. The number of halogens is 3. The highest BCUT2D eigenvalue weighted by atomic mass is 19.4. The van der Waals surface area contributed by atoms with E-state index in [-0.39, 0.29) is 98.8 Å². The number of carbonyl (C=O) groups excluding carboxylic acids is 7. The number of aryl methyl sites for hydroxylation is 1. The lowest BCUT2D eigenvalue weighted by Crippen LogP contribution is -2.53. The quantitative estimate of drug-likeness (QED) is 0.0218. The van der Waals surface area contributed by atoms with Gasteiger partial charge in [0.05, 0.1) is 25.3 Å². The molecule has 0 aliphatic carbocycles. The van der Waals surface area contributed by atoms with Gasteiger partial charge in [0, 0.05) is 86.3 Å². The maximum atomic E-state index is 15.0. The molecule has 82 heavy (non-hydrogen) atoms. The van der Waals surface area contributed by atoms with Crippen LogP contribution in [-0.4, -0.2) is 129 Å². The fourth-order valence-electron chi connectivity index (χ4n) is 10.4. The fraction of sp³-hybridized carbons (Fsp3) is 0.500. The molecular formula is C56H67F3N14O9. The topological polar surface area (TPSA) is 279 Å². The van der Waals surface area contributed by atoms with Crippen molar-refractivity contribution in [2.75, 3.05) is 61.1 Å². The van der Waals surface area contributed by atoms with Crippen LogP contribution in [0.15, 0.2) is 72.1 Å². The largest absolute Gasteiger partial charge is 0.444 e. The standard InChI is InChI=1S/C56H67F3N14O9/c1-34(2)50(66-47(74)11-7-6-8-20-72-48(75)16-17-49(72)76)52(78)63-36(4)51(77)64-40-14-12-37(13-15-40)30-82-54(80)71(21-18-61-68-60)44-24-39(55(31-81-32-55)26-46-67-62-33-69(46)5)25-45(65-44)73-29-42-41(53(73)79)22-38(23-43(42)56(57,58)59)28-70-19-9-10-35(3)27-70/h12-17,22-25,33-36,50H,6-11,18-21,26-32H2,1-5H3,(H,63,78)(H,64,77)(H,66,74)/t35-,36+,50+/m1/s1. The minimum Gasteiger partial charge on any atom is -0.444 e. The second kappa shape index (κ2) is 26.1. The average Bonchev–Trinajstić information content (AvgIpc) is 2.52. The van der Waals surface area contributed by atoms with E-state index < -0.39 is 59.6 Å². The van der Waals surface area contributed by atoms with Crippen molar-refractivity contribution in [3.63, 3.8) is 0 Å². The van der Waals surface area contributed by atoms with Crippen LogP contribution in [0.2, 0.25) is 0 Å². The number of hydrogen-bond donors (Lipinski definition) is 3. The Balaban J connectivity index is 0.948. The first-order valence-electron chi connectivity index (χ1n) is 27.3. The summed E-state index contributed by atoms with van der Waals surface area (Å²) in [4.78, 5) is 105. The van der Waals surface area contributed by atoms with Gasteiger partial charge in [0.25, 0.3) is 17.7 Å². The van der Waals surface area contributed by atoms with E-state index in [0.29, 0.717) is 59.8 Å². The van der Waals surface area contributed by atoms with Gasteiger partial charge in [-0.2, -0.15) is 13.2 Å². The van der Waals surface area contributed by atoms with Crippen LogP contribution in [0.3, 0.4) is 0 Å². The van der Waals surface area contributed by atoms with Gasteiger partial charge in [-0.05, 0) is 115 Å². The maximum Gasteiger partial charge on any atom is 0.416 e. The average molecular weight is 1140 g/mol. The zero-order valence-corrected chi connectivity index (χ0v) is 46.4. The van der Waals surface area contributed by atoms with Crippen LogP contribution in [0.1, 0.15) is 110 Å². The van der Waals surface area contributed by atoms with E-state index in [4.69, 9.17) is 14.5 Å². The van der Waals surface area contributed by atoms with E-state index in [1.807, 2.05) is 0 Å². The second-order valence-corrected chi connectivity index (χ2v) is 21.8. The van der Waals surface area contributed by atoms with Crippen molar-refractivity contribution in [3.8, 4) is 0 Å². The summed E-state index contributed by atoms with van der Waals surface area (Å²) in [6, 6.07) is 10.2. The first-order chi connectivity index (χ1) is 39.1. The Hall–Kier alpha value is -8.22. The third-order valence-electron chi connectivity index (χ3n) is 15.1. The molecule has 2 fully saturated rings. The minimum absolute atomic E-state index is 0.0385. The summed E-state index contributed by atoms with van der Waals surface area (Å²) in [6.07, 6.45) is 2.17. The molecule has 23 nitrogen and oxygen atoms in total. The molecule has 2 saturated heterocycles. The van der Waals surface area contributed by atoms with Crippen LogP contribution in [0, 0.1) is 11.8 Å². The predicted molar refractivity (Wildman–Crippen MR) is 292 cm³/mol. The van der Waals surface area contributed by atoms with E-state index in [0.717, 1.165) is 41.8 Å². The summed E-state index contributed by atoms with van der Waals surface area (Å²) in [5.74, 6) is -2.35. The molecule has 4 aromatic rings. The smallest absolute Gasteiger partial charge is 0.416 e. The summed E-state index contributed by atoms with van der Waals surface area (Å²) >= 11 is 0. The van der Waals surface area contributed by atoms with Crippen LogP contribution in [0.4, 0.5) is 35.3 Å². The number of piperidine rings is 1. The number of azide groups is 1. The summed E-state index contributed by atoms with van der Waals surface area (Å²) in [5, 5.41) is 20.1. The van der Waals surface area contributed by atoms with Gasteiger partial charge in [-0.3, -0.25) is 48.4 Å². The molecule has 3 atom stereocenters. The number of likely N-dealkylation sites (tertiary alicyclic amines) is 1. The molecule has 8 rings (SSSR count). The van der Waals surface area contributed by atoms with Gasteiger partial charge >= 0.3 is 12.3 Å². The van der Waals surface area contributed by atoms with Gasteiger partial charge in [0.1, 0.15) is 42.5 Å². The molecule has 7 amide bonds. The summed E-state index contributed by atoms with van der Waals surface area (Å²) in [7, 11) is 1.78. The van der Waals surface area contributed by atoms with Gasteiger partial charge < -0.3 is 30.0 Å². The van der Waals surface area contributed by atoms with E-state index in [1.165, 1.54) is 30.0 Å². The molecule has 4 aliphatic heterocycles. The number of anilines is 3. The highest BCUT2D eigenvalue weighted by Gasteiger charge is 2.45. The molecule has 0 bridgehead atoms. The SMILES string of the molecule is CC(C)[C@H](NC(=O)CCCCCN1C(=O)C=CC1=O)C(=O)N[C@@H](C)C(=O)Nc1ccc(COC(=O)N(CCN=[N+]=[N-])c2cc(C3(Cc4nncn4C)COC3)cc(N3Cc4c(cc(CN5CCC[C@@H](C)C5)cc4C(F)(F)F)C3=O)n2)cc1. The fourth-order valence-corrected chi connectivity index (χ4v) is 10.4. The van der Waals surface area contributed by atoms with Crippen LogP contribution in [0.25, 0.3) is 10.4 Å². The third kappa shape index (κ3) is 14.4. The van der Waals surface area contributed by atoms with Gasteiger partial charge in [0.15, 0.2) is 0 Å². The number of fused-ring (bicyclic) bond motifs is 1. The van der Waals surface area contributed by atoms with Crippen molar-refractivity contribution in [1.82, 2.24) is 40.2 Å². The van der Waals surface area contributed by atoms with Crippen LogP contribution >= 0.6 is 0 Å². The molecule has 26 heteroatoms. The van der Waals surface area contributed by atoms with Crippen molar-refractivity contribution in [1.29, 1.82) is 0 Å². The van der Waals surface area contributed by atoms with Crippen LogP contribution < -0.4 is 25.8 Å². The molecule has 436 valence electrons. The summed E-state index contributed by atoms with van der Waals surface area (Å²) in [5.41, 5.74) is 8.97. The number of hydrogen-bond acceptors (Lipinski definition) is 14. The molecule has 6 heterocycles. The Morgan fingerprint density at radius 3 is 2.37 bits per heavy atom. The number of aromatic nitrogens is 4. The van der Waals surface area contributed by atoms with Gasteiger partial charge in [-0.1, -0.05) is 44.4 Å². The predicted octanol–water partition coefficient (Wildman–Crippen LogP) is 6.65. The Kier molecular flexibility index (Phi) is 19.1. The normalized spacial score (nSPS) is 17.5. The number of pyridine rings is 1. The Bertz CT molecular complexity index is 3120. The number of benzene rings is 2. The number of alkyl halides is 3. The summed E-state index contributed by atoms with van der Waals surface area (Å²) < 4.78 is 58.2. The van der Waals surface area contributed by atoms with Crippen molar-refractivity contribution in [2.45, 2.75) is 116 Å². The number of amides is 7. The van der Waals surface area contributed by atoms with Gasteiger partial charge in [0.2, 0.25) is 17.7 Å². The lowest BCUT2D eigenvalue weighted by molar-refractivity contribution is -0.138. The molecule has 0 saturated carbocycles. The highest BCUT2D eigenvalue weighted by Crippen LogP contribution is 2.43. The number of nitrogens with zero attached hydrogens (tertiary/aromatic N) is 11. The van der Waals surface area contributed by atoms with Gasteiger partial charge in [-0.15, -0.1) is 10.2 Å². The zero-order chi connectivity index (χ0) is 58.9. The molecular weight excluding hydrogens is 1070 g/mol. The number of carbonyl (C=O) groups is 7. The lowest BCUT2D eigenvalue weighted by Gasteiger charge is -2.42. The monoisotopic (exact) mass is 1140 g/mol. The van der Waals surface area contributed by atoms with Gasteiger partial charge in [-0.25, -0.2) is 9.78 Å². The number of ether oxygens (including phenoxy) is 2. The van der Waals surface area contributed by atoms with E-state index in [9.17, 15) is 52.3 Å². The summed E-state index contributed by atoms with van der Waals surface area (Å²) in [6.45, 7) is 8.14. The molecule has 3 N–H and O–H groups in total. The molecule has 2 aromatic carbocycles. The van der Waals surface area contributed by atoms with Crippen molar-refractivity contribution in [3.05, 3.63) is 117 Å². The lowest BCUT2D eigenvalue weighted by atomic mass is 9.75. The first kappa shape index (κ1) is 59.9. The Morgan fingerprint density at radius 2 is 1.72 bits per heavy atom. The molecule has 0 radical (unpaired) electrons. The second-order valence-electron chi connectivity index (χ2n) is 21.8. The van der Waals surface area contributed by atoms with E-state index in [1.54, 1.807) is 68.2 Å². The molecule has 2 aromatic heterocycles. The molecule has 0 unspecified atom stereocenters. The molecule has 0 spiro atoms. The first-order valence-corrected chi connectivity index (χ1v) is 27.3. The minimum atomic E-state index is -4.78. The highest BCUT2D eigenvalue weighted by molar-refractivity contribution is 6.13. The number of unbranched alkanes of at least 4 members (excludes halogenated alkanes) is 2. The van der Waals surface area contributed by atoms with Crippen molar-refractivity contribution in [2.24, 2.45) is 24.0 Å². The Morgan fingerprint density at radius 1 is 0.976 bits per heavy atom. The number of nitrogens with one attached hydrogen (secondary N) is 3. The van der Waals surface area contributed by atoms with Crippen LogP contribution in [0.5, 0.6) is 0 Å². The Labute approximate surface area is 471 Å². The number of rotatable bonds is 24. The maximum absolute atomic E-state index is 15.0.